The van der Waals surface area contributed by atoms with Gasteiger partial charge in [0.1, 0.15) is 5.75 Å². The standard InChI is InChI=1S/C19H34N2O/c1-5-6-7-8-9-15-22-18-12-10-11-17(16-18)20-13-14-21-19(2,3)4/h10-12,16,20-21H,5-9,13-15H2,1-4H3. The molecular formula is C19H34N2O. The molecule has 0 aliphatic rings. The van der Waals surface area contributed by atoms with Crippen LogP contribution < -0.4 is 15.4 Å². The van der Waals surface area contributed by atoms with Crippen molar-refractivity contribution in [1.29, 1.82) is 0 Å². The van der Waals surface area contributed by atoms with Gasteiger partial charge < -0.3 is 15.4 Å². The van der Waals surface area contributed by atoms with Crippen molar-refractivity contribution in [3.63, 3.8) is 0 Å². The van der Waals surface area contributed by atoms with Crippen molar-refractivity contribution in [2.75, 3.05) is 25.0 Å². The van der Waals surface area contributed by atoms with Crippen molar-refractivity contribution in [1.82, 2.24) is 5.32 Å². The molecule has 0 atom stereocenters. The van der Waals surface area contributed by atoms with Gasteiger partial charge in [0.15, 0.2) is 0 Å². The minimum absolute atomic E-state index is 0.171. The van der Waals surface area contributed by atoms with Gasteiger partial charge in [0, 0.05) is 30.4 Å². The number of anilines is 1. The van der Waals surface area contributed by atoms with Crippen LogP contribution in [0.4, 0.5) is 5.69 Å². The van der Waals surface area contributed by atoms with Gasteiger partial charge in [-0.1, -0.05) is 38.7 Å². The Kier molecular flexibility index (Phi) is 8.98. The quantitative estimate of drug-likeness (QED) is 0.574. The minimum Gasteiger partial charge on any atom is -0.494 e. The Balaban J connectivity index is 2.21. The van der Waals surface area contributed by atoms with E-state index in [1.54, 1.807) is 0 Å². The zero-order valence-electron chi connectivity index (χ0n) is 14.9. The molecule has 3 heteroatoms. The van der Waals surface area contributed by atoms with Gasteiger partial charge in [0.05, 0.1) is 6.61 Å². The fourth-order valence-electron chi connectivity index (χ4n) is 2.24. The minimum atomic E-state index is 0.171. The Labute approximate surface area is 136 Å². The number of rotatable bonds is 11. The van der Waals surface area contributed by atoms with Crippen LogP contribution in [0.25, 0.3) is 0 Å². The molecule has 2 N–H and O–H groups in total. The second-order valence-electron chi connectivity index (χ2n) is 6.89. The normalized spacial score (nSPS) is 11.5. The highest BCUT2D eigenvalue weighted by molar-refractivity contribution is 5.48. The fourth-order valence-corrected chi connectivity index (χ4v) is 2.24. The molecule has 0 bridgehead atoms. The highest BCUT2D eigenvalue weighted by atomic mass is 16.5. The third kappa shape index (κ3) is 9.67. The van der Waals surface area contributed by atoms with E-state index in [2.05, 4.69) is 50.5 Å². The smallest absolute Gasteiger partial charge is 0.121 e. The molecule has 126 valence electrons. The topological polar surface area (TPSA) is 33.3 Å². The Bertz CT molecular complexity index is 399. The molecule has 1 rings (SSSR count). The SMILES string of the molecule is CCCCCCCOc1cccc(NCCNC(C)(C)C)c1. The maximum atomic E-state index is 5.83. The van der Waals surface area contributed by atoms with Crippen molar-refractivity contribution in [3.05, 3.63) is 24.3 Å². The Hall–Kier alpha value is -1.22. The molecule has 0 heterocycles. The lowest BCUT2D eigenvalue weighted by Gasteiger charge is -2.20. The number of benzene rings is 1. The summed E-state index contributed by atoms with van der Waals surface area (Å²) in [7, 11) is 0. The van der Waals surface area contributed by atoms with Gasteiger partial charge in [-0.05, 0) is 39.3 Å². The summed E-state index contributed by atoms with van der Waals surface area (Å²) in [6, 6.07) is 8.25. The Morgan fingerprint density at radius 3 is 2.50 bits per heavy atom. The van der Waals surface area contributed by atoms with E-state index in [1.807, 2.05) is 12.1 Å². The lowest BCUT2D eigenvalue weighted by atomic mass is 10.1. The molecule has 0 aliphatic heterocycles. The van der Waals surface area contributed by atoms with Crippen LogP contribution in [0.15, 0.2) is 24.3 Å². The molecule has 0 radical (unpaired) electrons. The lowest BCUT2D eigenvalue weighted by Crippen LogP contribution is -2.38. The molecule has 0 fully saturated rings. The van der Waals surface area contributed by atoms with Crippen LogP contribution in [0, 0.1) is 0 Å². The second-order valence-corrected chi connectivity index (χ2v) is 6.89. The van der Waals surface area contributed by atoms with Gasteiger partial charge in [0.2, 0.25) is 0 Å². The van der Waals surface area contributed by atoms with E-state index in [0.29, 0.717) is 0 Å². The Morgan fingerprint density at radius 2 is 1.77 bits per heavy atom. The van der Waals surface area contributed by atoms with Crippen molar-refractivity contribution in [2.24, 2.45) is 0 Å². The number of hydrogen-bond donors (Lipinski definition) is 2. The molecule has 0 aliphatic carbocycles. The first-order chi connectivity index (χ1) is 10.5. The maximum absolute atomic E-state index is 5.83. The molecular weight excluding hydrogens is 272 g/mol. The second kappa shape index (κ2) is 10.5. The first kappa shape index (κ1) is 18.8. The van der Waals surface area contributed by atoms with Gasteiger partial charge in [-0.25, -0.2) is 0 Å². The monoisotopic (exact) mass is 306 g/mol. The summed E-state index contributed by atoms with van der Waals surface area (Å²) in [6.07, 6.45) is 6.36. The molecule has 0 unspecified atom stereocenters. The average Bonchev–Trinajstić information content (AvgIpc) is 2.47. The third-order valence-electron chi connectivity index (χ3n) is 3.46. The van der Waals surface area contributed by atoms with E-state index in [0.717, 1.165) is 37.6 Å². The van der Waals surface area contributed by atoms with Crippen LogP contribution in [0.1, 0.15) is 59.8 Å². The van der Waals surface area contributed by atoms with Gasteiger partial charge in [-0.2, -0.15) is 0 Å². The van der Waals surface area contributed by atoms with E-state index in [9.17, 15) is 0 Å². The zero-order chi connectivity index (χ0) is 16.3. The summed E-state index contributed by atoms with van der Waals surface area (Å²) >= 11 is 0. The average molecular weight is 306 g/mol. The molecule has 1 aromatic rings. The number of hydrogen-bond acceptors (Lipinski definition) is 3. The summed E-state index contributed by atoms with van der Waals surface area (Å²) < 4.78 is 5.83. The molecule has 22 heavy (non-hydrogen) atoms. The molecule has 0 saturated carbocycles. The van der Waals surface area contributed by atoms with Crippen molar-refractivity contribution < 1.29 is 4.74 Å². The van der Waals surface area contributed by atoms with Crippen molar-refractivity contribution in [2.45, 2.75) is 65.3 Å². The fraction of sp³-hybridized carbons (Fsp3) is 0.684. The van der Waals surface area contributed by atoms with Crippen molar-refractivity contribution >= 4 is 5.69 Å². The molecule has 0 amide bonds. The summed E-state index contributed by atoms with van der Waals surface area (Å²) in [6.45, 7) is 11.5. The van der Waals surface area contributed by atoms with E-state index in [1.165, 1.54) is 25.7 Å². The maximum Gasteiger partial charge on any atom is 0.121 e. The highest BCUT2D eigenvalue weighted by Gasteiger charge is 2.07. The van der Waals surface area contributed by atoms with Crippen LogP contribution in [0.3, 0.4) is 0 Å². The van der Waals surface area contributed by atoms with Gasteiger partial charge in [0.25, 0.3) is 0 Å². The van der Waals surface area contributed by atoms with Crippen LogP contribution in [-0.4, -0.2) is 25.2 Å². The number of unbranched alkanes of at least 4 members (excludes halogenated alkanes) is 4. The summed E-state index contributed by atoms with van der Waals surface area (Å²) in [4.78, 5) is 0. The Morgan fingerprint density at radius 1 is 1.00 bits per heavy atom. The number of nitrogens with one attached hydrogen (secondary N) is 2. The highest BCUT2D eigenvalue weighted by Crippen LogP contribution is 2.17. The lowest BCUT2D eigenvalue weighted by molar-refractivity contribution is 0.304. The molecule has 0 spiro atoms. The number of ether oxygens (including phenoxy) is 1. The van der Waals surface area contributed by atoms with E-state index in [-0.39, 0.29) is 5.54 Å². The first-order valence-electron chi connectivity index (χ1n) is 8.73. The largest absolute Gasteiger partial charge is 0.494 e. The summed E-state index contributed by atoms with van der Waals surface area (Å²) in [5.41, 5.74) is 1.30. The van der Waals surface area contributed by atoms with Crippen LogP contribution >= 0.6 is 0 Å². The third-order valence-corrected chi connectivity index (χ3v) is 3.46. The van der Waals surface area contributed by atoms with E-state index < -0.39 is 0 Å². The van der Waals surface area contributed by atoms with Crippen LogP contribution in [-0.2, 0) is 0 Å². The van der Waals surface area contributed by atoms with Gasteiger partial charge in [-0.3, -0.25) is 0 Å². The van der Waals surface area contributed by atoms with Crippen LogP contribution in [0.2, 0.25) is 0 Å². The van der Waals surface area contributed by atoms with E-state index in [4.69, 9.17) is 4.74 Å². The zero-order valence-corrected chi connectivity index (χ0v) is 14.9. The van der Waals surface area contributed by atoms with Gasteiger partial charge in [-0.15, -0.1) is 0 Å². The predicted octanol–water partition coefficient (Wildman–Crippen LogP) is 4.84. The summed E-state index contributed by atoms with van der Waals surface area (Å²) in [5.74, 6) is 0.962. The van der Waals surface area contributed by atoms with E-state index >= 15 is 0 Å². The molecule has 0 aromatic heterocycles. The van der Waals surface area contributed by atoms with Crippen molar-refractivity contribution in [3.8, 4) is 5.75 Å². The molecule has 0 saturated heterocycles. The van der Waals surface area contributed by atoms with Crippen LogP contribution in [0.5, 0.6) is 5.75 Å². The molecule has 3 nitrogen and oxygen atoms in total. The van der Waals surface area contributed by atoms with Gasteiger partial charge >= 0.3 is 0 Å². The first-order valence-corrected chi connectivity index (χ1v) is 8.73. The predicted molar refractivity (Wildman–Crippen MR) is 96.9 cm³/mol. The molecule has 1 aromatic carbocycles. The summed E-state index contributed by atoms with van der Waals surface area (Å²) in [5, 5.41) is 6.91.